The second kappa shape index (κ2) is 8.85. The van der Waals surface area contributed by atoms with Crippen LogP contribution in [0.5, 0.6) is 0 Å². The number of rotatable bonds is 6. The summed E-state index contributed by atoms with van der Waals surface area (Å²) in [5, 5.41) is 6.82. The molecule has 0 aromatic heterocycles. The maximum atomic E-state index is 12.2. The Kier molecular flexibility index (Phi) is 6.28. The zero-order valence-corrected chi connectivity index (χ0v) is 14.8. The molecular formula is C19H22ClN3O2. The topological polar surface area (TPSA) is 53.6 Å². The Balaban J connectivity index is 1.47. The molecule has 1 fully saturated rings. The van der Waals surface area contributed by atoms with Gasteiger partial charge in [0.05, 0.1) is 13.2 Å². The van der Waals surface area contributed by atoms with Crippen molar-refractivity contribution in [3.05, 3.63) is 59.1 Å². The molecule has 1 heterocycles. The SMILES string of the molecule is O=C(Nc1ccc(NCCN2CCOCC2)cc1)c1cccc(Cl)c1. The van der Waals surface area contributed by atoms with E-state index < -0.39 is 0 Å². The molecule has 6 heteroatoms. The summed E-state index contributed by atoms with van der Waals surface area (Å²) in [6.45, 7) is 5.51. The van der Waals surface area contributed by atoms with Gasteiger partial charge in [0.2, 0.25) is 0 Å². The summed E-state index contributed by atoms with van der Waals surface area (Å²) in [6, 6.07) is 14.6. The normalized spacial score (nSPS) is 14.9. The van der Waals surface area contributed by atoms with Crippen molar-refractivity contribution in [1.82, 2.24) is 4.90 Å². The molecule has 0 aliphatic carbocycles. The van der Waals surface area contributed by atoms with Gasteiger partial charge < -0.3 is 15.4 Å². The number of amides is 1. The Morgan fingerprint density at radius 3 is 2.52 bits per heavy atom. The molecule has 5 nitrogen and oxygen atoms in total. The van der Waals surface area contributed by atoms with Crippen molar-refractivity contribution in [3.63, 3.8) is 0 Å². The second-order valence-electron chi connectivity index (χ2n) is 5.92. The quantitative estimate of drug-likeness (QED) is 0.830. The van der Waals surface area contributed by atoms with E-state index in [1.807, 2.05) is 24.3 Å². The highest BCUT2D eigenvalue weighted by Gasteiger charge is 2.09. The molecule has 2 aromatic carbocycles. The van der Waals surface area contributed by atoms with E-state index in [9.17, 15) is 4.79 Å². The highest BCUT2D eigenvalue weighted by atomic mass is 35.5. The van der Waals surface area contributed by atoms with Gasteiger partial charge >= 0.3 is 0 Å². The molecule has 2 aromatic rings. The molecule has 25 heavy (non-hydrogen) atoms. The number of nitrogens with one attached hydrogen (secondary N) is 2. The average Bonchev–Trinajstić information content (AvgIpc) is 2.64. The Morgan fingerprint density at radius 2 is 1.80 bits per heavy atom. The van der Waals surface area contributed by atoms with Crippen LogP contribution in [0.15, 0.2) is 48.5 Å². The monoisotopic (exact) mass is 359 g/mol. The van der Waals surface area contributed by atoms with Crippen LogP contribution in [-0.4, -0.2) is 50.2 Å². The van der Waals surface area contributed by atoms with E-state index in [1.54, 1.807) is 24.3 Å². The first kappa shape index (κ1) is 17.7. The van der Waals surface area contributed by atoms with E-state index in [0.717, 1.165) is 50.8 Å². The van der Waals surface area contributed by atoms with Crippen LogP contribution in [0.4, 0.5) is 11.4 Å². The third-order valence-electron chi connectivity index (χ3n) is 4.09. The lowest BCUT2D eigenvalue weighted by Crippen LogP contribution is -2.38. The van der Waals surface area contributed by atoms with Gasteiger partial charge in [0, 0.05) is 48.1 Å². The van der Waals surface area contributed by atoms with Crippen LogP contribution >= 0.6 is 11.6 Å². The molecule has 0 spiro atoms. The van der Waals surface area contributed by atoms with E-state index >= 15 is 0 Å². The smallest absolute Gasteiger partial charge is 0.255 e. The first-order chi connectivity index (χ1) is 12.2. The maximum Gasteiger partial charge on any atom is 0.255 e. The van der Waals surface area contributed by atoms with Gasteiger partial charge in [0.1, 0.15) is 0 Å². The van der Waals surface area contributed by atoms with Gasteiger partial charge in [-0.05, 0) is 42.5 Å². The number of nitrogens with zero attached hydrogens (tertiary/aromatic N) is 1. The number of carbonyl (C=O) groups is 1. The van der Waals surface area contributed by atoms with E-state index in [1.165, 1.54) is 0 Å². The Hall–Kier alpha value is -2.08. The molecule has 1 saturated heterocycles. The summed E-state index contributed by atoms with van der Waals surface area (Å²) in [7, 11) is 0. The molecule has 132 valence electrons. The zero-order chi connectivity index (χ0) is 17.5. The summed E-state index contributed by atoms with van der Waals surface area (Å²) in [6.07, 6.45) is 0. The predicted octanol–water partition coefficient (Wildman–Crippen LogP) is 3.34. The minimum absolute atomic E-state index is 0.171. The number of benzene rings is 2. The largest absolute Gasteiger partial charge is 0.384 e. The lowest BCUT2D eigenvalue weighted by Gasteiger charge is -2.26. The van der Waals surface area contributed by atoms with Crippen molar-refractivity contribution >= 4 is 28.9 Å². The second-order valence-corrected chi connectivity index (χ2v) is 6.36. The van der Waals surface area contributed by atoms with E-state index in [4.69, 9.17) is 16.3 Å². The van der Waals surface area contributed by atoms with Gasteiger partial charge in [-0.3, -0.25) is 9.69 Å². The van der Waals surface area contributed by atoms with Gasteiger partial charge in [-0.25, -0.2) is 0 Å². The number of halogens is 1. The Labute approximate surface area is 152 Å². The molecule has 0 unspecified atom stereocenters. The van der Waals surface area contributed by atoms with E-state index in [-0.39, 0.29) is 5.91 Å². The molecule has 1 aliphatic heterocycles. The third-order valence-corrected chi connectivity index (χ3v) is 4.33. The van der Waals surface area contributed by atoms with Gasteiger partial charge in [-0.2, -0.15) is 0 Å². The minimum Gasteiger partial charge on any atom is -0.384 e. The van der Waals surface area contributed by atoms with Crippen molar-refractivity contribution < 1.29 is 9.53 Å². The molecular weight excluding hydrogens is 338 g/mol. The molecule has 3 rings (SSSR count). The maximum absolute atomic E-state index is 12.2. The molecule has 1 amide bonds. The summed E-state index contributed by atoms with van der Waals surface area (Å²) in [5.74, 6) is -0.171. The first-order valence-corrected chi connectivity index (χ1v) is 8.79. The van der Waals surface area contributed by atoms with Crippen molar-refractivity contribution in [3.8, 4) is 0 Å². The Morgan fingerprint density at radius 1 is 1.08 bits per heavy atom. The number of anilines is 2. The summed E-state index contributed by atoms with van der Waals surface area (Å²) < 4.78 is 5.34. The van der Waals surface area contributed by atoms with Crippen molar-refractivity contribution in [2.24, 2.45) is 0 Å². The standard InChI is InChI=1S/C19H22ClN3O2/c20-16-3-1-2-15(14-16)19(24)22-18-6-4-17(5-7-18)21-8-9-23-10-12-25-13-11-23/h1-7,14,21H,8-13H2,(H,22,24). The van der Waals surface area contributed by atoms with Crippen LogP contribution < -0.4 is 10.6 Å². The van der Waals surface area contributed by atoms with Gasteiger partial charge in [-0.15, -0.1) is 0 Å². The van der Waals surface area contributed by atoms with Crippen LogP contribution in [0.2, 0.25) is 5.02 Å². The Bertz CT molecular complexity index is 700. The molecule has 0 radical (unpaired) electrons. The predicted molar refractivity (Wildman–Crippen MR) is 102 cm³/mol. The number of hydrogen-bond acceptors (Lipinski definition) is 4. The number of ether oxygens (including phenoxy) is 1. The van der Waals surface area contributed by atoms with Crippen LogP contribution in [0.1, 0.15) is 10.4 Å². The van der Waals surface area contributed by atoms with Crippen LogP contribution in [0.3, 0.4) is 0 Å². The van der Waals surface area contributed by atoms with Gasteiger partial charge in [-0.1, -0.05) is 17.7 Å². The van der Waals surface area contributed by atoms with Crippen LogP contribution in [0, 0.1) is 0 Å². The molecule has 2 N–H and O–H groups in total. The number of carbonyl (C=O) groups excluding carboxylic acids is 1. The molecule has 0 bridgehead atoms. The summed E-state index contributed by atoms with van der Waals surface area (Å²) in [5.41, 5.74) is 2.33. The highest BCUT2D eigenvalue weighted by Crippen LogP contribution is 2.16. The first-order valence-electron chi connectivity index (χ1n) is 8.42. The highest BCUT2D eigenvalue weighted by molar-refractivity contribution is 6.31. The fourth-order valence-corrected chi connectivity index (χ4v) is 2.88. The third kappa shape index (κ3) is 5.46. The molecule has 0 atom stereocenters. The van der Waals surface area contributed by atoms with Crippen LogP contribution in [-0.2, 0) is 4.74 Å². The number of morpholine rings is 1. The van der Waals surface area contributed by atoms with Crippen molar-refractivity contribution in [2.45, 2.75) is 0 Å². The fourth-order valence-electron chi connectivity index (χ4n) is 2.69. The summed E-state index contributed by atoms with van der Waals surface area (Å²) >= 11 is 5.92. The molecule has 0 saturated carbocycles. The van der Waals surface area contributed by atoms with Crippen molar-refractivity contribution in [1.29, 1.82) is 0 Å². The van der Waals surface area contributed by atoms with Gasteiger partial charge in [0.15, 0.2) is 0 Å². The van der Waals surface area contributed by atoms with E-state index in [0.29, 0.717) is 10.6 Å². The minimum atomic E-state index is -0.171. The zero-order valence-electron chi connectivity index (χ0n) is 14.0. The average molecular weight is 360 g/mol. The summed E-state index contributed by atoms with van der Waals surface area (Å²) in [4.78, 5) is 14.6. The van der Waals surface area contributed by atoms with Crippen LogP contribution in [0.25, 0.3) is 0 Å². The lowest BCUT2D eigenvalue weighted by molar-refractivity contribution is 0.0398. The lowest BCUT2D eigenvalue weighted by atomic mass is 10.2. The number of hydrogen-bond donors (Lipinski definition) is 2. The fraction of sp³-hybridized carbons (Fsp3) is 0.316. The van der Waals surface area contributed by atoms with Gasteiger partial charge in [0.25, 0.3) is 5.91 Å². The van der Waals surface area contributed by atoms with E-state index in [2.05, 4.69) is 15.5 Å². The molecule has 1 aliphatic rings. The van der Waals surface area contributed by atoms with Crippen molar-refractivity contribution in [2.75, 3.05) is 50.0 Å².